The summed E-state index contributed by atoms with van der Waals surface area (Å²) in [5.74, 6) is 0.238. The Hall–Kier alpha value is -1.81. The number of nitrogens with zero attached hydrogens (tertiary/aromatic N) is 1. The van der Waals surface area contributed by atoms with Crippen LogP contribution in [0.2, 0.25) is 5.02 Å². The zero-order chi connectivity index (χ0) is 14.5. The Morgan fingerprint density at radius 1 is 1.35 bits per heavy atom. The van der Waals surface area contributed by atoms with Crippen molar-refractivity contribution < 1.29 is 9.21 Å². The Morgan fingerprint density at radius 3 is 2.70 bits per heavy atom. The lowest BCUT2D eigenvalue weighted by Gasteiger charge is -2.06. The summed E-state index contributed by atoms with van der Waals surface area (Å²) in [7, 11) is 0. The highest BCUT2D eigenvalue weighted by atomic mass is 35.5. The maximum absolute atomic E-state index is 12.0. The van der Waals surface area contributed by atoms with Gasteiger partial charge in [-0.1, -0.05) is 37.6 Å². The highest BCUT2D eigenvalue weighted by Crippen LogP contribution is 2.17. The second-order valence-corrected chi connectivity index (χ2v) is 5.29. The summed E-state index contributed by atoms with van der Waals surface area (Å²) >= 11 is 5.82. The van der Waals surface area contributed by atoms with Crippen LogP contribution < -0.4 is 5.32 Å². The third-order valence-electron chi connectivity index (χ3n) is 2.96. The van der Waals surface area contributed by atoms with Crippen LogP contribution in [0, 0.1) is 0 Å². The first-order valence-electron chi connectivity index (χ1n) is 6.54. The molecule has 0 aliphatic carbocycles. The molecule has 0 saturated carbocycles. The summed E-state index contributed by atoms with van der Waals surface area (Å²) in [5.41, 5.74) is 1.81. The monoisotopic (exact) mass is 292 g/mol. The molecule has 0 spiro atoms. The average molecular weight is 293 g/mol. The van der Waals surface area contributed by atoms with E-state index in [0.29, 0.717) is 23.0 Å². The van der Waals surface area contributed by atoms with Crippen molar-refractivity contribution in [3.8, 4) is 0 Å². The zero-order valence-electron chi connectivity index (χ0n) is 11.5. The van der Waals surface area contributed by atoms with Gasteiger partial charge in [-0.15, -0.1) is 0 Å². The Morgan fingerprint density at radius 2 is 2.05 bits per heavy atom. The Labute approximate surface area is 123 Å². The van der Waals surface area contributed by atoms with E-state index in [0.717, 1.165) is 12.0 Å². The number of benzene rings is 1. The minimum Gasteiger partial charge on any atom is -0.438 e. The van der Waals surface area contributed by atoms with Crippen LogP contribution in [0.5, 0.6) is 0 Å². The van der Waals surface area contributed by atoms with Gasteiger partial charge < -0.3 is 9.73 Å². The SMILES string of the molecule is CC(C)c1ncoc1C(=O)NCCc1ccc(Cl)cc1. The van der Waals surface area contributed by atoms with Crippen LogP contribution in [0.4, 0.5) is 0 Å². The lowest BCUT2D eigenvalue weighted by atomic mass is 10.1. The van der Waals surface area contributed by atoms with E-state index in [4.69, 9.17) is 16.0 Å². The molecule has 1 N–H and O–H groups in total. The van der Waals surface area contributed by atoms with Gasteiger partial charge in [0.2, 0.25) is 5.76 Å². The first kappa shape index (κ1) is 14.6. The molecule has 106 valence electrons. The molecule has 2 aromatic rings. The second kappa shape index (κ2) is 6.57. The summed E-state index contributed by atoms with van der Waals surface area (Å²) in [4.78, 5) is 16.1. The van der Waals surface area contributed by atoms with E-state index in [1.807, 2.05) is 38.1 Å². The maximum Gasteiger partial charge on any atom is 0.289 e. The van der Waals surface area contributed by atoms with Gasteiger partial charge in [0.15, 0.2) is 6.39 Å². The molecule has 20 heavy (non-hydrogen) atoms. The third-order valence-corrected chi connectivity index (χ3v) is 3.21. The Balaban J connectivity index is 1.89. The predicted octanol–water partition coefficient (Wildman–Crippen LogP) is 3.42. The summed E-state index contributed by atoms with van der Waals surface area (Å²) in [5, 5.41) is 3.55. The van der Waals surface area contributed by atoms with E-state index in [-0.39, 0.29) is 11.8 Å². The first-order chi connectivity index (χ1) is 9.58. The minimum atomic E-state index is -0.222. The van der Waals surface area contributed by atoms with Crippen molar-refractivity contribution in [3.05, 3.63) is 52.7 Å². The molecule has 0 fully saturated rings. The van der Waals surface area contributed by atoms with Crippen LogP contribution >= 0.6 is 11.6 Å². The topological polar surface area (TPSA) is 55.1 Å². The molecule has 1 amide bonds. The summed E-state index contributed by atoms with van der Waals surface area (Å²) < 4.78 is 5.17. The van der Waals surface area contributed by atoms with E-state index < -0.39 is 0 Å². The van der Waals surface area contributed by atoms with Gasteiger partial charge in [-0.3, -0.25) is 4.79 Å². The van der Waals surface area contributed by atoms with Gasteiger partial charge in [-0.05, 0) is 30.0 Å². The fourth-order valence-electron chi connectivity index (χ4n) is 1.89. The molecule has 5 heteroatoms. The molecule has 0 unspecified atom stereocenters. The van der Waals surface area contributed by atoms with E-state index in [2.05, 4.69) is 10.3 Å². The van der Waals surface area contributed by atoms with E-state index >= 15 is 0 Å². The minimum absolute atomic E-state index is 0.158. The number of carbonyl (C=O) groups excluding carboxylic acids is 1. The smallest absolute Gasteiger partial charge is 0.289 e. The number of rotatable bonds is 5. The first-order valence-corrected chi connectivity index (χ1v) is 6.91. The molecule has 2 rings (SSSR count). The van der Waals surface area contributed by atoms with E-state index in [1.54, 1.807) is 0 Å². The fourth-order valence-corrected chi connectivity index (χ4v) is 2.01. The number of nitrogens with one attached hydrogen (secondary N) is 1. The fraction of sp³-hybridized carbons (Fsp3) is 0.333. The van der Waals surface area contributed by atoms with Gasteiger partial charge in [0.1, 0.15) is 0 Å². The van der Waals surface area contributed by atoms with Gasteiger partial charge in [-0.25, -0.2) is 4.98 Å². The molecule has 0 bridgehead atoms. The lowest BCUT2D eigenvalue weighted by molar-refractivity contribution is 0.0924. The average Bonchev–Trinajstić information content (AvgIpc) is 2.90. The molecule has 1 aromatic carbocycles. The third kappa shape index (κ3) is 3.61. The molecular formula is C15H17ClN2O2. The molecule has 1 aromatic heterocycles. The van der Waals surface area contributed by atoms with Crippen LogP contribution in [-0.4, -0.2) is 17.4 Å². The highest BCUT2D eigenvalue weighted by Gasteiger charge is 2.18. The Kier molecular flexibility index (Phi) is 4.79. The van der Waals surface area contributed by atoms with Crippen molar-refractivity contribution in [1.29, 1.82) is 0 Å². The number of aromatic nitrogens is 1. The van der Waals surface area contributed by atoms with Crippen molar-refractivity contribution in [2.24, 2.45) is 0 Å². The molecule has 0 aliphatic heterocycles. The van der Waals surface area contributed by atoms with Gasteiger partial charge in [0.05, 0.1) is 5.69 Å². The van der Waals surface area contributed by atoms with Crippen molar-refractivity contribution >= 4 is 17.5 Å². The second-order valence-electron chi connectivity index (χ2n) is 4.85. The van der Waals surface area contributed by atoms with Crippen LogP contribution in [0.25, 0.3) is 0 Å². The highest BCUT2D eigenvalue weighted by molar-refractivity contribution is 6.30. The molecular weight excluding hydrogens is 276 g/mol. The largest absolute Gasteiger partial charge is 0.438 e. The number of hydrogen-bond donors (Lipinski definition) is 1. The van der Waals surface area contributed by atoms with E-state index in [9.17, 15) is 4.79 Å². The number of oxazole rings is 1. The number of carbonyl (C=O) groups is 1. The molecule has 1 heterocycles. The number of amides is 1. The molecule has 0 saturated heterocycles. The molecule has 4 nitrogen and oxygen atoms in total. The van der Waals surface area contributed by atoms with Gasteiger partial charge in [0, 0.05) is 11.6 Å². The van der Waals surface area contributed by atoms with Crippen LogP contribution in [0.3, 0.4) is 0 Å². The van der Waals surface area contributed by atoms with Crippen molar-refractivity contribution in [2.75, 3.05) is 6.54 Å². The van der Waals surface area contributed by atoms with Crippen LogP contribution in [0.15, 0.2) is 35.1 Å². The van der Waals surface area contributed by atoms with Gasteiger partial charge in [0.25, 0.3) is 5.91 Å². The van der Waals surface area contributed by atoms with Crippen LogP contribution in [0.1, 0.15) is 41.6 Å². The standard InChI is InChI=1S/C15H17ClN2O2/c1-10(2)13-14(20-9-18-13)15(19)17-8-7-11-3-5-12(16)6-4-11/h3-6,9-10H,7-8H2,1-2H3,(H,17,19). The van der Waals surface area contributed by atoms with Crippen molar-refractivity contribution in [2.45, 2.75) is 26.2 Å². The molecule has 0 aliphatic rings. The zero-order valence-corrected chi connectivity index (χ0v) is 12.3. The predicted molar refractivity (Wildman–Crippen MR) is 78.1 cm³/mol. The van der Waals surface area contributed by atoms with Crippen molar-refractivity contribution in [1.82, 2.24) is 10.3 Å². The maximum atomic E-state index is 12.0. The summed E-state index contributed by atoms with van der Waals surface area (Å²) in [6.07, 6.45) is 2.05. The lowest BCUT2D eigenvalue weighted by Crippen LogP contribution is -2.26. The Bertz CT molecular complexity index is 576. The number of hydrogen-bond acceptors (Lipinski definition) is 3. The summed E-state index contributed by atoms with van der Waals surface area (Å²) in [6, 6.07) is 7.57. The van der Waals surface area contributed by atoms with Crippen molar-refractivity contribution in [3.63, 3.8) is 0 Å². The normalized spacial score (nSPS) is 10.8. The quantitative estimate of drug-likeness (QED) is 0.918. The summed E-state index contributed by atoms with van der Waals surface area (Å²) in [6.45, 7) is 4.49. The van der Waals surface area contributed by atoms with Crippen LogP contribution in [-0.2, 0) is 6.42 Å². The van der Waals surface area contributed by atoms with Gasteiger partial charge >= 0.3 is 0 Å². The number of halogens is 1. The molecule has 0 radical (unpaired) electrons. The van der Waals surface area contributed by atoms with Gasteiger partial charge in [-0.2, -0.15) is 0 Å². The van der Waals surface area contributed by atoms with E-state index in [1.165, 1.54) is 6.39 Å². The molecule has 0 atom stereocenters.